The molecule has 9 nitrogen and oxygen atoms in total. The molecule has 1 N–H and O–H groups in total. The Balaban J connectivity index is 1.35. The van der Waals surface area contributed by atoms with Crippen LogP contribution in [0.2, 0.25) is 0 Å². The van der Waals surface area contributed by atoms with Crippen LogP contribution in [0.1, 0.15) is 55.6 Å². The third kappa shape index (κ3) is 5.15. The van der Waals surface area contributed by atoms with Crippen molar-refractivity contribution in [1.82, 2.24) is 25.2 Å². The van der Waals surface area contributed by atoms with E-state index in [4.69, 9.17) is 9.47 Å². The predicted octanol–water partition coefficient (Wildman–Crippen LogP) is 2.16. The summed E-state index contributed by atoms with van der Waals surface area (Å²) in [6.45, 7) is 5.42. The average molecular weight is 428 g/mol. The number of hydrogen-bond acceptors (Lipinski definition) is 6. The van der Waals surface area contributed by atoms with Crippen molar-refractivity contribution < 1.29 is 19.1 Å². The normalized spacial score (nSPS) is 17.8. The van der Waals surface area contributed by atoms with Crippen LogP contribution in [0, 0.1) is 0 Å². The van der Waals surface area contributed by atoms with Gasteiger partial charge < -0.3 is 19.7 Å². The Morgan fingerprint density at radius 1 is 1.23 bits per heavy atom. The second-order valence-electron chi connectivity index (χ2n) is 8.38. The SMILES string of the molecule is CC(C)NC(=O)c1cn(CC[C@@H]2CCCCN2C(=O)Cc2ccc3c(c2)OCO3)nn1. The van der Waals surface area contributed by atoms with Crippen LogP contribution in [0.15, 0.2) is 24.4 Å². The second-order valence-corrected chi connectivity index (χ2v) is 8.38. The quantitative estimate of drug-likeness (QED) is 0.727. The molecule has 0 bridgehead atoms. The molecule has 2 aromatic rings. The highest BCUT2D eigenvalue weighted by molar-refractivity contribution is 5.92. The summed E-state index contributed by atoms with van der Waals surface area (Å²) in [5.74, 6) is 1.32. The third-order valence-electron chi connectivity index (χ3n) is 5.62. The molecule has 1 aromatic heterocycles. The molecule has 2 aliphatic rings. The highest BCUT2D eigenvalue weighted by Gasteiger charge is 2.27. The van der Waals surface area contributed by atoms with Gasteiger partial charge in [-0.05, 0) is 57.2 Å². The molecule has 1 saturated heterocycles. The lowest BCUT2D eigenvalue weighted by Gasteiger charge is -2.36. The first kappa shape index (κ1) is 21.1. The van der Waals surface area contributed by atoms with Crippen LogP contribution >= 0.6 is 0 Å². The maximum Gasteiger partial charge on any atom is 0.273 e. The van der Waals surface area contributed by atoms with Gasteiger partial charge in [0.05, 0.1) is 12.6 Å². The van der Waals surface area contributed by atoms with E-state index in [1.807, 2.05) is 36.9 Å². The molecule has 2 aliphatic heterocycles. The third-order valence-corrected chi connectivity index (χ3v) is 5.62. The molecule has 3 heterocycles. The largest absolute Gasteiger partial charge is 0.454 e. The van der Waals surface area contributed by atoms with Gasteiger partial charge in [0.2, 0.25) is 12.7 Å². The summed E-state index contributed by atoms with van der Waals surface area (Å²) in [5, 5.41) is 10.9. The maximum absolute atomic E-state index is 13.1. The van der Waals surface area contributed by atoms with Crippen LogP contribution in [0.3, 0.4) is 0 Å². The van der Waals surface area contributed by atoms with E-state index < -0.39 is 0 Å². The number of nitrogens with one attached hydrogen (secondary N) is 1. The van der Waals surface area contributed by atoms with Gasteiger partial charge in [0.1, 0.15) is 0 Å². The summed E-state index contributed by atoms with van der Waals surface area (Å²) in [6.07, 6.45) is 5.89. The molecule has 1 fully saturated rings. The minimum Gasteiger partial charge on any atom is -0.454 e. The van der Waals surface area contributed by atoms with Crippen molar-refractivity contribution in [2.45, 2.75) is 64.6 Å². The molecule has 0 saturated carbocycles. The zero-order chi connectivity index (χ0) is 21.8. The molecule has 0 aliphatic carbocycles. The Bertz CT molecular complexity index is 942. The number of amides is 2. The number of hydrogen-bond donors (Lipinski definition) is 1. The molecular formula is C22H29N5O4. The molecule has 0 radical (unpaired) electrons. The number of fused-ring (bicyclic) bond motifs is 1. The maximum atomic E-state index is 13.1. The number of likely N-dealkylation sites (tertiary alicyclic amines) is 1. The summed E-state index contributed by atoms with van der Waals surface area (Å²) in [7, 11) is 0. The number of carbonyl (C=O) groups is 2. The van der Waals surface area contributed by atoms with E-state index in [-0.39, 0.29) is 30.7 Å². The second kappa shape index (κ2) is 9.36. The zero-order valence-electron chi connectivity index (χ0n) is 18.0. The molecule has 1 atom stereocenters. The lowest BCUT2D eigenvalue weighted by atomic mass is 9.98. The van der Waals surface area contributed by atoms with Gasteiger partial charge in [0, 0.05) is 25.2 Å². The van der Waals surface area contributed by atoms with E-state index in [2.05, 4.69) is 15.6 Å². The molecule has 4 rings (SSSR count). The van der Waals surface area contributed by atoms with E-state index in [0.29, 0.717) is 24.4 Å². The molecular weight excluding hydrogens is 398 g/mol. The number of rotatable bonds is 7. The minimum absolute atomic E-state index is 0.0456. The lowest BCUT2D eigenvalue weighted by molar-refractivity contribution is -0.134. The van der Waals surface area contributed by atoms with Crippen LogP contribution in [0.4, 0.5) is 0 Å². The summed E-state index contributed by atoms with van der Waals surface area (Å²) in [4.78, 5) is 27.1. The highest BCUT2D eigenvalue weighted by atomic mass is 16.7. The molecule has 0 unspecified atom stereocenters. The molecule has 9 heteroatoms. The van der Waals surface area contributed by atoms with Gasteiger partial charge in [-0.15, -0.1) is 5.10 Å². The monoisotopic (exact) mass is 427 g/mol. The van der Waals surface area contributed by atoms with Gasteiger partial charge >= 0.3 is 0 Å². The van der Waals surface area contributed by atoms with Crippen molar-refractivity contribution >= 4 is 11.8 Å². The standard InChI is InChI=1S/C22H29N5O4/c1-15(2)23-22(29)18-13-26(25-24-18)10-8-17-5-3-4-9-27(17)21(28)12-16-6-7-19-20(11-16)31-14-30-19/h6-7,11,13,15,17H,3-5,8-10,12,14H2,1-2H3,(H,23,29)/t17-/m0/s1. The van der Waals surface area contributed by atoms with Crippen LogP contribution in [0.25, 0.3) is 0 Å². The molecule has 1 aromatic carbocycles. The Kier molecular flexibility index (Phi) is 6.39. The predicted molar refractivity (Wildman–Crippen MR) is 113 cm³/mol. The van der Waals surface area contributed by atoms with Crippen LogP contribution in [-0.4, -0.2) is 57.1 Å². The van der Waals surface area contributed by atoms with Crippen molar-refractivity contribution in [2.24, 2.45) is 0 Å². The first-order chi connectivity index (χ1) is 15.0. The minimum atomic E-state index is -0.223. The van der Waals surface area contributed by atoms with E-state index >= 15 is 0 Å². The summed E-state index contributed by atoms with van der Waals surface area (Å²) in [6, 6.07) is 5.87. The van der Waals surface area contributed by atoms with Gasteiger partial charge in [-0.25, -0.2) is 0 Å². The average Bonchev–Trinajstić information content (AvgIpc) is 3.41. The summed E-state index contributed by atoms with van der Waals surface area (Å²) in [5.41, 5.74) is 1.24. The van der Waals surface area contributed by atoms with Gasteiger partial charge in [-0.3, -0.25) is 14.3 Å². The topological polar surface area (TPSA) is 98.6 Å². The van der Waals surface area contributed by atoms with Crippen molar-refractivity contribution in [3.63, 3.8) is 0 Å². The van der Waals surface area contributed by atoms with E-state index in [1.165, 1.54) is 0 Å². The fourth-order valence-corrected chi connectivity index (χ4v) is 4.09. The van der Waals surface area contributed by atoms with E-state index in [0.717, 1.165) is 43.5 Å². The molecule has 2 amide bonds. The number of aryl methyl sites for hydroxylation is 1. The number of benzene rings is 1. The van der Waals surface area contributed by atoms with Crippen molar-refractivity contribution in [3.8, 4) is 11.5 Å². The van der Waals surface area contributed by atoms with Crippen molar-refractivity contribution in [1.29, 1.82) is 0 Å². The first-order valence-electron chi connectivity index (χ1n) is 10.9. The van der Waals surface area contributed by atoms with Gasteiger partial charge in [0.15, 0.2) is 17.2 Å². The van der Waals surface area contributed by atoms with Gasteiger partial charge in [-0.2, -0.15) is 0 Å². The number of aromatic nitrogens is 3. The summed E-state index contributed by atoms with van der Waals surface area (Å²) >= 11 is 0. The highest BCUT2D eigenvalue weighted by Crippen LogP contribution is 2.33. The zero-order valence-corrected chi connectivity index (χ0v) is 18.0. The smallest absolute Gasteiger partial charge is 0.273 e. The number of piperidine rings is 1. The molecule has 31 heavy (non-hydrogen) atoms. The molecule has 166 valence electrons. The number of nitrogens with zero attached hydrogens (tertiary/aromatic N) is 4. The Hall–Kier alpha value is -3.10. The molecule has 0 spiro atoms. The summed E-state index contributed by atoms with van der Waals surface area (Å²) < 4.78 is 12.5. The number of ether oxygens (including phenoxy) is 2. The lowest BCUT2D eigenvalue weighted by Crippen LogP contribution is -2.44. The van der Waals surface area contributed by atoms with Crippen LogP contribution in [-0.2, 0) is 17.8 Å². The van der Waals surface area contributed by atoms with Crippen molar-refractivity contribution in [3.05, 3.63) is 35.7 Å². The first-order valence-corrected chi connectivity index (χ1v) is 10.9. The van der Waals surface area contributed by atoms with Gasteiger partial charge in [-0.1, -0.05) is 11.3 Å². The fraction of sp³-hybridized carbons (Fsp3) is 0.545. The van der Waals surface area contributed by atoms with E-state index in [1.54, 1.807) is 10.9 Å². The Morgan fingerprint density at radius 2 is 2.06 bits per heavy atom. The van der Waals surface area contributed by atoms with Gasteiger partial charge in [0.25, 0.3) is 5.91 Å². The Labute approximate surface area is 181 Å². The Morgan fingerprint density at radius 3 is 2.90 bits per heavy atom. The van der Waals surface area contributed by atoms with Crippen molar-refractivity contribution in [2.75, 3.05) is 13.3 Å². The fourth-order valence-electron chi connectivity index (χ4n) is 4.09. The van der Waals surface area contributed by atoms with Crippen LogP contribution in [0.5, 0.6) is 11.5 Å². The number of carbonyl (C=O) groups excluding carboxylic acids is 2. The van der Waals surface area contributed by atoms with Crippen LogP contribution < -0.4 is 14.8 Å². The van der Waals surface area contributed by atoms with E-state index in [9.17, 15) is 9.59 Å².